The van der Waals surface area contributed by atoms with E-state index in [1.807, 2.05) is 0 Å². The van der Waals surface area contributed by atoms with E-state index < -0.39 is 0 Å². The maximum atomic E-state index is 2.63. The van der Waals surface area contributed by atoms with Gasteiger partial charge in [-0.25, -0.2) is 0 Å². The maximum absolute atomic E-state index is 2.63. The van der Waals surface area contributed by atoms with Crippen molar-refractivity contribution >= 4 is 0 Å². The van der Waals surface area contributed by atoms with Crippen LogP contribution in [0.5, 0.6) is 0 Å². The lowest BCUT2D eigenvalue weighted by molar-refractivity contribution is 0.136. The van der Waals surface area contributed by atoms with Crippen molar-refractivity contribution in [3.8, 4) is 0 Å². The number of hydrogen-bond donors (Lipinski definition) is 0. The van der Waals surface area contributed by atoms with E-state index in [2.05, 4.69) is 25.7 Å². The molecular formula is C10H21N. The van der Waals surface area contributed by atoms with Crippen molar-refractivity contribution in [3.05, 3.63) is 0 Å². The summed E-state index contributed by atoms with van der Waals surface area (Å²) in [6, 6.07) is 0.803. The van der Waals surface area contributed by atoms with Crippen molar-refractivity contribution in [1.29, 1.82) is 0 Å². The lowest BCUT2D eigenvalue weighted by Gasteiger charge is -2.35. The van der Waals surface area contributed by atoms with Crippen molar-refractivity contribution in [2.45, 2.75) is 46.1 Å². The Morgan fingerprint density at radius 2 is 2.27 bits per heavy atom. The van der Waals surface area contributed by atoms with Gasteiger partial charge in [0.1, 0.15) is 0 Å². The third-order valence-corrected chi connectivity index (χ3v) is 2.90. The molecule has 1 saturated heterocycles. The lowest BCUT2D eigenvalue weighted by Crippen LogP contribution is -2.40. The molecule has 1 nitrogen and oxygen atoms in total. The number of nitrogens with zero attached hydrogens (tertiary/aromatic N) is 1. The van der Waals surface area contributed by atoms with Gasteiger partial charge in [0.2, 0.25) is 0 Å². The standard InChI is InChI=1S/C10H21N/c1-4-10(3)11-7-5-6-9(2)8-11/h9-10H,4-8H2,1-3H3/t9-,10?/m0/s1. The van der Waals surface area contributed by atoms with Crippen molar-refractivity contribution in [2.24, 2.45) is 5.92 Å². The first-order valence-electron chi connectivity index (χ1n) is 4.98. The summed E-state index contributed by atoms with van der Waals surface area (Å²) in [6.07, 6.45) is 4.14. The molecule has 66 valence electrons. The topological polar surface area (TPSA) is 3.24 Å². The van der Waals surface area contributed by atoms with Crippen LogP contribution in [0.3, 0.4) is 0 Å². The fourth-order valence-corrected chi connectivity index (χ4v) is 1.88. The van der Waals surface area contributed by atoms with Gasteiger partial charge in [0.15, 0.2) is 0 Å². The average Bonchev–Trinajstić information content (AvgIpc) is 2.03. The summed E-state index contributed by atoms with van der Waals surface area (Å²) in [5, 5.41) is 0. The molecule has 0 bridgehead atoms. The Morgan fingerprint density at radius 3 is 2.82 bits per heavy atom. The van der Waals surface area contributed by atoms with Gasteiger partial charge in [0, 0.05) is 12.6 Å². The number of hydrogen-bond acceptors (Lipinski definition) is 1. The normalized spacial score (nSPS) is 30.3. The first kappa shape index (κ1) is 9.05. The minimum atomic E-state index is 0.803. The van der Waals surface area contributed by atoms with Gasteiger partial charge in [-0.05, 0) is 38.6 Å². The monoisotopic (exact) mass is 155 g/mol. The van der Waals surface area contributed by atoms with E-state index in [0.717, 1.165) is 12.0 Å². The molecule has 0 saturated carbocycles. The first-order valence-corrected chi connectivity index (χ1v) is 4.98. The zero-order valence-electron chi connectivity index (χ0n) is 8.14. The zero-order valence-corrected chi connectivity index (χ0v) is 8.14. The molecule has 1 rings (SSSR count). The molecule has 0 amide bonds. The highest BCUT2D eigenvalue weighted by molar-refractivity contribution is 4.73. The Morgan fingerprint density at radius 1 is 1.55 bits per heavy atom. The molecule has 0 aromatic carbocycles. The fraction of sp³-hybridized carbons (Fsp3) is 1.00. The van der Waals surface area contributed by atoms with Crippen LogP contribution >= 0.6 is 0 Å². The highest BCUT2D eigenvalue weighted by atomic mass is 15.2. The summed E-state index contributed by atoms with van der Waals surface area (Å²) in [5.41, 5.74) is 0. The van der Waals surface area contributed by atoms with Crippen molar-refractivity contribution in [1.82, 2.24) is 4.90 Å². The molecule has 1 fully saturated rings. The van der Waals surface area contributed by atoms with Crippen molar-refractivity contribution < 1.29 is 0 Å². The zero-order chi connectivity index (χ0) is 8.27. The molecule has 0 N–H and O–H groups in total. The molecule has 11 heavy (non-hydrogen) atoms. The summed E-state index contributed by atoms with van der Waals surface area (Å²) in [6.45, 7) is 9.66. The third-order valence-electron chi connectivity index (χ3n) is 2.90. The molecule has 0 aromatic rings. The SMILES string of the molecule is CCC(C)N1CCC[C@H](C)C1. The number of piperidine rings is 1. The number of likely N-dealkylation sites (tertiary alicyclic amines) is 1. The molecular weight excluding hydrogens is 134 g/mol. The van der Waals surface area contributed by atoms with Crippen LogP contribution in [0, 0.1) is 5.92 Å². The first-order chi connectivity index (χ1) is 5.24. The molecule has 0 aromatic heterocycles. The Labute approximate surface area is 70.8 Å². The van der Waals surface area contributed by atoms with E-state index in [9.17, 15) is 0 Å². The second-order valence-electron chi connectivity index (χ2n) is 4.00. The Hall–Kier alpha value is -0.0400. The molecule has 2 atom stereocenters. The van der Waals surface area contributed by atoms with Crippen LogP contribution < -0.4 is 0 Å². The van der Waals surface area contributed by atoms with Crippen LogP contribution in [0.4, 0.5) is 0 Å². The minimum absolute atomic E-state index is 0.803. The number of rotatable bonds is 2. The van der Waals surface area contributed by atoms with Gasteiger partial charge >= 0.3 is 0 Å². The van der Waals surface area contributed by atoms with Gasteiger partial charge in [0.05, 0.1) is 0 Å². The summed E-state index contributed by atoms with van der Waals surface area (Å²) < 4.78 is 0. The summed E-state index contributed by atoms with van der Waals surface area (Å²) >= 11 is 0. The Balaban J connectivity index is 2.33. The van der Waals surface area contributed by atoms with Gasteiger partial charge < -0.3 is 4.90 Å². The van der Waals surface area contributed by atoms with Crippen LogP contribution in [-0.2, 0) is 0 Å². The van der Waals surface area contributed by atoms with Gasteiger partial charge in [-0.3, -0.25) is 0 Å². The Kier molecular flexibility index (Phi) is 3.38. The van der Waals surface area contributed by atoms with Crippen LogP contribution in [0.2, 0.25) is 0 Å². The molecule has 0 aliphatic carbocycles. The van der Waals surface area contributed by atoms with E-state index >= 15 is 0 Å². The van der Waals surface area contributed by atoms with E-state index in [0.29, 0.717) is 0 Å². The van der Waals surface area contributed by atoms with Gasteiger partial charge in [-0.2, -0.15) is 0 Å². The lowest BCUT2D eigenvalue weighted by atomic mass is 9.98. The second-order valence-corrected chi connectivity index (χ2v) is 4.00. The summed E-state index contributed by atoms with van der Waals surface area (Å²) in [4.78, 5) is 2.63. The van der Waals surface area contributed by atoms with E-state index in [-0.39, 0.29) is 0 Å². The van der Waals surface area contributed by atoms with Crippen molar-refractivity contribution in [3.63, 3.8) is 0 Å². The summed E-state index contributed by atoms with van der Waals surface area (Å²) in [7, 11) is 0. The largest absolute Gasteiger partial charge is 0.300 e. The predicted molar refractivity (Wildman–Crippen MR) is 49.7 cm³/mol. The van der Waals surface area contributed by atoms with E-state index in [1.54, 1.807) is 0 Å². The minimum Gasteiger partial charge on any atom is -0.300 e. The molecule has 1 heterocycles. The van der Waals surface area contributed by atoms with Crippen LogP contribution in [0.25, 0.3) is 0 Å². The molecule has 1 heteroatoms. The highest BCUT2D eigenvalue weighted by Crippen LogP contribution is 2.18. The van der Waals surface area contributed by atoms with Gasteiger partial charge in [-0.15, -0.1) is 0 Å². The molecule has 0 spiro atoms. The molecule has 1 aliphatic rings. The molecule has 0 radical (unpaired) electrons. The van der Waals surface area contributed by atoms with E-state index in [1.165, 1.54) is 32.4 Å². The average molecular weight is 155 g/mol. The van der Waals surface area contributed by atoms with Gasteiger partial charge in [-0.1, -0.05) is 13.8 Å². The van der Waals surface area contributed by atoms with Crippen LogP contribution in [-0.4, -0.2) is 24.0 Å². The maximum Gasteiger partial charge on any atom is 0.00644 e. The molecule has 1 aliphatic heterocycles. The van der Waals surface area contributed by atoms with E-state index in [4.69, 9.17) is 0 Å². The quantitative estimate of drug-likeness (QED) is 0.592. The van der Waals surface area contributed by atoms with Crippen LogP contribution in [0.1, 0.15) is 40.0 Å². The fourth-order valence-electron chi connectivity index (χ4n) is 1.88. The molecule has 1 unspecified atom stereocenters. The van der Waals surface area contributed by atoms with Gasteiger partial charge in [0.25, 0.3) is 0 Å². The highest BCUT2D eigenvalue weighted by Gasteiger charge is 2.19. The smallest absolute Gasteiger partial charge is 0.00644 e. The second kappa shape index (κ2) is 4.10. The predicted octanol–water partition coefficient (Wildman–Crippen LogP) is 2.52. The van der Waals surface area contributed by atoms with Crippen LogP contribution in [0.15, 0.2) is 0 Å². The summed E-state index contributed by atoms with van der Waals surface area (Å²) in [5.74, 6) is 0.928. The Bertz CT molecular complexity index is 111. The van der Waals surface area contributed by atoms with Crippen molar-refractivity contribution in [2.75, 3.05) is 13.1 Å². The third kappa shape index (κ3) is 2.48.